The lowest BCUT2D eigenvalue weighted by atomic mass is 10.1. The van der Waals surface area contributed by atoms with Gasteiger partial charge < -0.3 is 29.4 Å². The number of hydrogen-bond donors (Lipinski definition) is 1. The predicted octanol–water partition coefficient (Wildman–Crippen LogP) is 1.90. The van der Waals surface area contributed by atoms with Crippen LogP contribution in [0.2, 0.25) is 0 Å². The minimum Gasteiger partial charge on any atom is -0.458 e. The predicted molar refractivity (Wildman–Crippen MR) is 104 cm³/mol. The van der Waals surface area contributed by atoms with Crippen LogP contribution in [0.5, 0.6) is 11.5 Å². The Morgan fingerprint density at radius 1 is 1.00 bits per heavy atom. The molecule has 0 saturated carbocycles. The van der Waals surface area contributed by atoms with Gasteiger partial charge in [0.05, 0.1) is 6.61 Å². The van der Waals surface area contributed by atoms with Crippen LogP contribution < -0.4 is 15.2 Å². The molecular formula is C20H27NO9. The van der Waals surface area contributed by atoms with Crippen molar-refractivity contribution in [1.82, 2.24) is 0 Å². The maximum Gasteiger partial charge on any atom is 0.508 e. The first kappa shape index (κ1) is 24.9. The van der Waals surface area contributed by atoms with Crippen LogP contribution in [0.4, 0.5) is 4.79 Å². The van der Waals surface area contributed by atoms with E-state index in [0.29, 0.717) is 12.0 Å². The second-order valence-corrected chi connectivity index (χ2v) is 6.44. The zero-order valence-corrected chi connectivity index (χ0v) is 17.5. The lowest BCUT2D eigenvalue weighted by Gasteiger charge is -2.17. The van der Waals surface area contributed by atoms with Crippen molar-refractivity contribution in [2.75, 3.05) is 13.2 Å². The lowest BCUT2D eigenvalue weighted by Crippen LogP contribution is -2.37. The van der Waals surface area contributed by atoms with Gasteiger partial charge in [-0.2, -0.15) is 0 Å². The quantitative estimate of drug-likeness (QED) is 0.436. The first-order chi connectivity index (χ1) is 14.1. The van der Waals surface area contributed by atoms with E-state index in [2.05, 4.69) is 0 Å². The van der Waals surface area contributed by atoms with Crippen molar-refractivity contribution >= 4 is 24.1 Å². The number of carbonyl (C=O) groups is 4. The van der Waals surface area contributed by atoms with Gasteiger partial charge in [-0.25, -0.2) is 4.79 Å². The van der Waals surface area contributed by atoms with Crippen molar-refractivity contribution in [2.24, 2.45) is 5.73 Å². The van der Waals surface area contributed by atoms with Gasteiger partial charge in [0, 0.05) is 13.8 Å². The summed E-state index contributed by atoms with van der Waals surface area (Å²) in [5, 5.41) is 0. The zero-order valence-electron chi connectivity index (χ0n) is 17.5. The van der Waals surface area contributed by atoms with E-state index in [9.17, 15) is 19.2 Å². The average molecular weight is 425 g/mol. The van der Waals surface area contributed by atoms with Crippen LogP contribution in [-0.4, -0.2) is 49.4 Å². The van der Waals surface area contributed by atoms with Gasteiger partial charge in [-0.15, -0.1) is 0 Å². The molecule has 2 atom stereocenters. The molecule has 2 N–H and O–H groups in total. The van der Waals surface area contributed by atoms with Crippen LogP contribution >= 0.6 is 0 Å². The van der Waals surface area contributed by atoms with Crippen LogP contribution in [0.25, 0.3) is 0 Å². The van der Waals surface area contributed by atoms with Crippen LogP contribution in [0, 0.1) is 0 Å². The van der Waals surface area contributed by atoms with E-state index in [1.54, 1.807) is 13.0 Å². The Bertz CT molecular complexity index is 763. The van der Waals surface area contributed by atoms with Gasteiger partial charge in [-0.1, -0.05) is 13.0 Å². The first-order valence-corrected chi connectivity index (χ1v) is 9.37. The second-order valence-electron chi connectivity index (χ2n) is 6.44. The number of esters is 3. The Labute approximate surface area is 174 Å². The summed E-state index contributed by atoms with van der Waals surface area (Å²) >= 11 is 0. The molecule has 1 aromatic carbocycles. The number of carbonyl (C=O) groups excluding carboxylic acids is 4. The molecule has 0 radical (unpaired) electrons. The van der Waals surface area contributed by atoms with E-state index < -0.39 is 36.2 Å². The number of hydrogen-bond acceptors (Lipinski definition) is 10. The average Bonchev–Trinajstić information content (AvgIpc) is 2.65. The molecule has 1 rings (SSSR count). The van der Waals surface area contributed by atoms with Gasteiger partial charge in [0.15, 0.2) is 11.5 Å². The lowest BCUT2D eigenvalue weighted by molar-refractivity contribution is -0.152. The third-order valence-corrected chi connectivity index (χ3v) is 3.45. The summed E-state index contributed by atoms with van der Waals surface area (Å²) in [7, 11) is 0. The monoisotopic (exact) mass is 425 g/mol. The molecule has 10 nitrogen and oxygen atoms in total. The fourth-order valence-corrected chi connectivity index (χ4v) is 2.22. The molecule has 0 saturated heterocycles. The number of nitrogens with two attached hydrogens (primary N) is 1. The largest absolute Gasteiger partial charge is 0.508 e. The molecule has 1 aromatic rings. The fraction of sp³-hybridized carbons (Fsp3) is 0.500. The maximum absolute atomic E-state index is 12.2. The highest BCUT2D eigenvalue weighted by Gasteiger charge is 2.21. The number of benzene rings is 1. The number of rotatable bonds is 10. The molecule has 0 fully saturated rings. The molecule has 0 aliphatic carbocycles. The minimum absolute atomic E-state index is 0.0307. The van der Waals surface area contributed by atoms with Gasteiger partial charge in [0.2, 0.25) is 0 Å². The summed E-state index contributed by atoms with van der Waals surface area (Å²) in [6.07, 6.45) is -0.828. The molecule has 166 valence electrons. The Morgan fingerprint density at radius 2 is 1.63 bits per heavy atom. The summed E-state index contributed by atoms with van der Waals surface area (Å²) in [5.41, 5.74) is 6.44. The van der Waals surface area contributed by atoms with Crippen molar-refractivity contribution < 1.29 is 42.9 Å². The Kier molecular flexibility index (Phi) is 10.3. The SMILES string of the molecule is CCCOC(=O)OC[C@H](C)OC(=O)[C@@H](N)Cc1ccc(OC(C)=O)c(OC(C)=O)c1. The van der Waals surface area contributed by atoms with Crippen molar-refractivity contribution in [3.05, 3.63) is 23.8 Å². The molecule has 0 aliphatic heterocycles. The Hall–Kier alpha value is -3.14. The third-order valence-electron chi connectivity index (χ3n) is 3.45. The number of ether oxygens (including phenoxy) is 5. The molecule has 0 aromatic heterocycles. The zero-order chi connectivity index (χ0) is 22.7. The van der Waals surface area contributed by atoms with Crippen LogP contribution in [0.1, 0.15) is 39.7 Å². The Morgan fingerprint density at radius 3 is 2.23 bits per heavy atom. The van der Waals surface area contributed by atoms with Crippen molar-refractivity contribution in [3.8, 4) is 11.5 Å². The molecule has 0 spiro atoms. The van der Waals surface area contributed by atoms with Gasteiger partial charge in [-0.05, 0) is 37.5 Å². The van der Waals surface area contributed by atoms with E-state index >= 15 is 0 Å². The summed E-state index contributed by atoms with van der Waals surface area (Å²) in [6.45, 7) is 5.88. The molecule has 0 aliphatic rings. The smallest absolute Gasteiger partial charge is 0.458 e. The van der Waals surface area contributed by atoms with Crippen molar-refractivity contribution in [1.29, 1.82) is 0 Å². The molecule has 10 heteroatoms. The van der Waals surface area contributed by atoms with Gasteiger partial charge >= 0.3 is 24.1 Å². The van der Waals surface area contributed by atoms with Gasteiger partial charge in [0.25, 0.3) is 0 Å². The highest BCUT2D eigenvalue weighted by molar-refractivity contribution is 5.76. The van der Waals surface area contributed by atoms with Crippen molar-refractivity contribution in [3.63, 3.8) is 0 Å². The van der Waals surface area contributed by atoms with E-state index in [1.165, 1.54) is 26.0 Å². The van der Waals surface area contributed by atoms with Crippen molar-refractivity contribution in [2.45, 2.75) is 52.7 Å². The van der Waals surface area contributed by atoms with Gasteiger partial charge in [0.1, 0.15) is 18.8 Å². The standard InChI is InChI=1S/C20H27NO9/c1-5-8-26-20(25)27-11-12(2)28-19(24)16(21)9-15-6-7-17(29-13(3)22)18(10-15)30-14(4)23/h6-7,10,12,16H,5,8-9,11,21H2,1-4H3/t12-,16-/m0/s1. The third kappa shape index (κ3) is 9.37. The molecule has 0 bridgehead atoms. The van der Waals surface area contributed by atoms with E-state index in [4.69, 9.17) is 29.4 Å². The van der Waals surface area contributed by atoms with Crippen LogP contribution in [-0.2, 0) is 35.0 Å². The highest BCUT2D eigenvalue weighted by atomic mass is 16.7. The fourth-order valence-electron chi connectivity index (χ4n) is 2.22. The minimum atomic E-state index is -1.02. The molecular weight excluding hydrogens is 398 g/mol. The van der Waals surface area contributed by atoms with Gasteiger partial charge in [-0.3, -0.25) is 14.4 Å². The summed E-state index contributed by atoms with van der Waals surface area (Å²) in [5.74, 6) is -1.78. The molecule has 0 heterocycles. The highest BCUT2D eigenvalue weighted by Crippen LogP contribution is 2.29. The Balaban J connectivity index is 2.66. The summed E-state index contributed by atoms with van der Waals surface area (Å²) < 4.78 is 24.8. The van der Waals surface area contributed by atoms with E-state index in [0.717, 1.165) is 0 Å². The molecule has 0 amide bonds. The summed E-state index contributed by atoms with van der Waals surface area (Å²) in [4.78, 5) is 45.9. The van der Waals surface area contributed by atoms with E-state index in [-0.39, 0.29) is 31.1 Å². The first-order valence-electron chi connectivity index (χ1n) is 9.37. The topological polar surface area (TPSA) is 140 Å². The van der Waals surface area contributed by atoms with E-state index in [1.807, 2.05) is 6.92 Å². The molecule has 30 heavy (non-hydrogen) atoms. The summed E-state index contributed by atoms with van der Waals surface area (Å²) in [6, 6.07) is 3.44. The molecule has 0 unspecified atom stereocenters. The second kappa shape index (κ2) is 12.4. The maximum atomic E-state index is 12.2. The van der Waals surface area contributed by atoms with Crippen LogP contribution in [0.3, 0.4) is 0 Å². The van der Waals surface area contributed by atoms with Crippen LogP contribution in [0.15, 0.2) is 18.2 Å². The normalized spacial score (nSPS) is 12.3.